The summed E-state index contributed by atoms with van der Waals surface area (Å²) in [5.41, 5.74) is -0.214. The fourth-order valence-electron chi connectivity index (χ4n) is 5.65. The Morgan fingerprint density at radius 1 is 0.971 bits per heavy atom. The van der Waals surface area contributed by atoms with Gasteiger partial charge in [-0.1, -0.05) is 60.7 Å². The molecule has 34 heavy (non-hydrogen) atoms. The average molecular weight is 460 g/mol. The normalized spacial score (nSPS) is 28.8. The van der Waals surface area contributed by atoms with Gasteiger partial charge in [-0.25, -0.2) is 4.90 Å². The van der Waals surface area contributed by atoms with E-state index >= 15 is 0 Å². The molecule has 0 aromatic heterocycles. The molecule has 8 heteroatoms. The monoisotopic (exact) mass is 459 g/mol. The summed E-state index contributed by atoms with van der Waals surface area (Å²) in [5, 5.41) is 9.42. The number of carbonyl (C=O) groups excluding carboxylic acids is 4. The second kappa shape index (κ2) is 8.22. The summed E-state index contributed by atoms with van der Waals surface area (Å²) in [6, 6.07) is 17.3. The number of hydrogen-bond acceptors (Lipinski definition) is 5. The highest BCUT2D eigenvalue weighted by molar-refractivity contribution is 6.25. The third-order valence-corrected chi connectivity index (χ3v) is 7.11. The van der Waals surface area contributed by atoms with Gasteiger partial charge in [-0.05, 0) is 24.6 Å². The predicted molar refractivity (Wildman–Crippen MR) is 124 cm³/mol. The first-order valence-corrected chi connectivity index (χ1v) is 11.3. The summed E-state index contributed by atoms with van der Waals surface area (Å²) in [6.07, 6.45) is 3.57. The molecule has 0 saturated carbocycles. The fourth-order valence-corrected chi connectivity index (χ4v) is 5.65. The molecule has 0 bridgehead atoms. The average Bonchev–Trinajstić information content (AvgIpc) is 3.27. The van der Waals surface area contributed by atoms with E-state index in [-0.39, 0.29) is 25.6 Å². The molecule has 8 nitrogen and oxygen atoms in total. The predicted octanol–water partition coefficient (Wildman–Crippen LogP) is 1.31. The van der Waals surface area contributed by atoms with Crippen molar-refractivity contribution < 1.29 is 24.3 Å². The molecule has 1 N–H and O–H groups in total. The van der Waals surface area contributed by atoms with Gasteiger partial charge in [0.2, 0.25) is 23.6 Å². The van der Waals surface area contributed by atoms with Crippen molar-refractivity contribution in [1.29, 1.82) is 0 Å². The molecular formula is C26H25N3O5. The van der Waals surface area contributed by atoms with Crippen LogP contribution in [0.2, 0.25) is 0 Å². The maximum Gasteiger partial charge on any atom is 0.249 e. The molecular weight excluding hydrogens is 434 g/mol. The summed E-state index contributed by atoms with van der Waals surface area (Å²) < 4.78 is 0. The summed E-state index contributed by atoms with van der Waals surface area (Å²) in [4.78, 5) is 58.2. The first-order valence-electron chi connectivity index (χ1n) is 11.3. The van der Waals surface area contributed by atoms with E-state index in [2.05, 4.69) is 0 Å². The molecule has 3 aliphatic heterocycles. The van der Waals surface area contributed by atoms with Crippen molar-refractivity contribution in [3.05, 3.63) is 72.3 Å². The lowest BCUT2D eigenvalue weighted by atomic mass is 9.79. The van der Waals surface area contributed by atoms with Crippen molar-refractivity contribution in [2.24, 2.45) is 11.8 Å². The molecule has 3 saturated heterocycles. The van der Waals surface area contributed by atoms with Gasteiger partial charge in [-0.15, -0.1) is 0 Å². The maximum absolute atomic E-state index is 13.7. The van der Waals surface area contributed by atoms with E-state index in [0.717, 1.165) is 10.5 Å². The molecule has 4 atom stereocenters. The van der Waals surface area contributed by atoms with Crippen LogP contribution >= 0.6 is 0 Å². The number of benzene rings is 2. The lowest BCUT2D eigenvalue weighted by molar-refractivity contribution is -0.165. The molecule has 3 heterocycles. The third-order valence-electron chi connectivity index (χ3n) is 7.11. The van der Waals surface area contributed by atoms with Gasteiger partial charge in [0.05, 0.1) is 36.7 Å². The molecule has 2 aromatic rings. The zero-order chi connectivity index (χ0) is 24.0. The van der Waals surface area contributed by atoms with E-state index in [1.54, 1.807) is 43.3 Å². The standard InChI is InChI=1S/C26H25N3O5/c1-26-22-21(23(32)28(24(22)33)18-10-6-3-7-11-18)19(13-12-17-8-4-2-5-9-17)29(26)20(31)16-27(14-15-30)25(26)34/h2-13,19,21-22,30H,14-16H2,1H3/t19?,21?,22?,26-/m1/s1. The van der Waals surface area contributed by atoms with Crippen LogP contribution in [-0.4, -0.2) is 69.8 Å². The van der Waals surface area contributed by atoms with Crippen LogP contribution in [0.4, 0.5) is 5.69 Å². The second-order valence-corrected chi connectivity index (χ2v) is 8.97. The summed E-state index contributed by atoms with van der Waals surface area (Å²) in [5.74, 6) is -3.60. The number of piperazine rings is 1. The Morgan fingerprint density at radius 2 is 1.62 bits per heavy atom. The van der Waals surface area contributed by atoms with Crippen molar-refractivity contribution in [3.63, 3.8) is 0 Å². The van der Waals surface area contributed by atoms with Gasteiger partial charge in [-0.3, -0.25) is 19.2 Å². The number of para-hydroxylation sites is 1. The van der Waals surface area contributed by atoms with Crippen molar-refractivity contribution in [3.8, 4) is 0 Å². The SMILES string of the molecule is C[C@@]12C(=O)N(CCO)CC(=O)N1C(C=Cc1ccccc1)C1C(=O)N(c3ccccc3)C(=O)C12. The number of aliphatic hydroxyl groups excluding tert-OH is 1. The molecule has 3 unspecified atom stereocenters. The lowest BCUT2D eigenvalue weighted by Gasteiger charge is -2.46. The molecule has 4 amide bonds. The minimum Gasteiger partial charge on any atom is -0.395 e. The van der Waals surface area contributed by atoms with E-state index in [4.69, 9.17) is 0 Å². The van der Waals surface area contributed by atoms with Crippen LogP contribution in [0.3, 0.4) is 0 Å². The highest BCUT2D eigenvalue weighted by Gasteiger charge is 2.72. The first-order chi connectivity index (χ1) is 16.4. The van der Waals surface area contributed by atoms with Gasteiger partial charge in [-0.2, -0.15) is 0 Å². The van der Waals surface area contributed by atoms with Crippen molar-refractivity contribution >= 4 is 35.4 Å². The number of nitrogens with zero attached hydrogens (tertiary/aromatic N) is 3. The number of hydrogen-bond donors (Lipinski definition) is 1. The van der Waals surface area contributed by atoms with Crippen molar-refractivity contribution in [2.75, 3.05) is 24.6 Å². The number of fused-ring (bicyclic) bond motifs is 3. The molecule has 3 fully saturated rings. The van der Waals surface area contributed by atoms with Crippen LogP contribution in [0, 0.1) is 11.8 Å². The largest absolute Gasteiger partial charge is 0.395 e. The minimum absolute atomic E-state index is 0.0134. The molecule has 3 aliphatic rings. The number of imide groups is 1. The smallest absolute Gasteiger partial charge is 0.249 e. The van der Waals surface area contributed by atoms with E-state index < -0.39 is 41.1 Å². The molecule has 174 valence electrons. The van der Waals surface area contributed by atoms with Gasteiger partial charge in [0, 0.05) is 6.54 Å². The number of anilines is 1. The van der Waals surface area contributed by atoms with E-state index in [1.165, 1.54) is 9.80 Å². The van der Waals surface area contributed by atoms with E-state index in [0.29, 0.717) is 5.69 Å². The Kier molecular flexibility index (Phi) is 5.32. The van der Waals surface area contributed by atoms with Crippen LogP contribution in [0.1, 0.15) is 12.5 Å². The zero-order valence-corrected chi connectivity index (χ0v) is 18.7. The topological polar surface area (TPSA) is 98.2 Å². The number of rotatable bonds is 5. The van der Waals surface area contributed by atoms with Crippen LogP contribution in [-0.2, 0) is 19.2 Å². The molecule has 0 radical (unpaired) electrons. The minimum atomic E-state index is -1.53. The maximum atomic E-state index is 13.7. The van der Waals surface area contributed by atoms with Crippen molar-refractivity contribution in [2.45, 2.75) is 18.5 Å². The Morgan fingerprint density at radius 3 is 2.26 bits per heavy atom. The molecule has 0 spiro atoms. The summed E-state index contributed by atoms with van der Waals surface area (Å²) >= 11 is 0. The Hall–Kier alpha value is -3.78. The number of aliphatic hydroxyl groups is 1. The quantitative estimate of drug-likeness (QED) is 0.680. The summed E-state index contributed by atoms with van der Waals surface area (Å²) in [7, 11) is 0. The van der Waals surface area contributed by atoms with Crippen LogP contribution in [0.5, 0.6) is 0 Å². The molecule has 2 aromatic carbocycles. The zero-order valence-electron chi connectivity index (χ0n) is 18.7. The van der Waals surface area contributed by atoms with Crippen LogP contribution < -0.4 is 4.90 Å². The van der Waals surface area contributed by atoms with Crippen LogP contribution in [0.15, 0.2) is 66.7 Å². The fraction of sp³-hybridized carbons (Fsp3) is 0.308. The third kappa shape index (κ3) is 3.09. The second-order valence-electron chi connectivity index (χ2n) is 8.97. The van der Waals surface area contributed by atoms with E-state index in [1.807, 2.05) is 36.4 Å². The molecule has 5 rings (SSSR count). The highest BCUT2D eigenvalue weighted by atomic mass is 16.3. The van der Waals surface area contributed by atoms with Gasteiger partial charge < -0.3 is 14.9 Å². The lowest BCUT2D eigenvalue weighted by Crippen LogP contribution is -2.68. The van der Waals surface area contributed by atoms with Crippen LogP contribution in [0.25, 0.3) is 6.08 Å². The van der Waals surface area contributed by atoms with Crippen molar-refractivity contribution in [1.82, 2.24) is 9.80 Å². The van der Waals surface area contributed by atoms with Gasteiger partial charge in [0.25, 0.3) is 0 Å². The van der Waals surface area contributed by atoms with E-state index in [9.17, 15) is 24.3 Å². The number of carbonyl (C=O) groups is 4. The Bertz CT molecular complexity index is 1180. The highest BCUT2D eigenvalue weighted by Crippen LogP contribution is 2.52. The Balaban J connectivity index is 1.63. The number of amides is 4. The Labute approximate surface area is 197 Å². The number of β-amino-alcohol motifs (C(OH)–C–C–N with tert-alkyl or cyclic N) is 1. The van der Waals surface area contributed by atoms with Gasteiger partial charge in [0.15, 0.2) is 0 Å². The van der Waals surface area contributed by atoms with Gasteiger partial charge >= 0.3 is 0 Å². The summed E-state index contributed by atoms with van der Waals surface area (Å²) in [6.45, 7) is 1.06. The van der Waals surface area contributed by atoms with Gasteiger partial charge in [0.1, 0.15) is 5.54 Å². The molecule has 0 aliphatic carbocycles. The first kappa shape index (κ1) is 22.0.